The van der Waals surface area contributed by atoms with Gasteiger partial charge in [0.25, 0.3) is 0 Å². The summed E-state index contributed by atoms with van der Waals surface area (Å²) in [4.78, 5) is 21.1. The number of hydrogen-bond acceptors (Lipinski definition) is 3. The maximum absolute atomic E-state index is 12.3. The van der Waals surface area contributed by atoms with Crippen LogP contribution < -0.4 is 15.5 Å². The molecule has 1 amide bonds. The Morgan fingerprint density at radius 1 is 1.27 bits per heavy atom. The van der Waals surface area contributed by atoms with Gasteiger partial charge in [0.05, 0.1) is 6.42 Å². The Labute approximate surface area is 155 Å². The number of benzene rings is 1. The Bertz CT molecular complexity index is 699. The van der Waals surface area contributed by atoms with E-state index in [1.54, 1.807) is 0 Å². The average Bonchev–Trinajstić information content (AvgIpc) is 3.36. The summed E-state index contributed by atoms with van der Waals surface area (Å²) in [7, 11) is 1.81. The van der Waals surface area contributed by atoms with Crippen LogP contribution in [0.3, 0.4) is 0 Å². The van der Waals surface area contributed by atoms with E-state index < -0.39 is 0 Å². The minimum Gasteiger partial charge on any atom is -0.355 e. The molecule has 0 aromatic heterocycles. The molecule has 0 bridgehead atoms. The lowest BCUT2D eigenvalue weighted by atomic mass is 10.1. The van der Waals surface area contributed by atoms with Gasteiger partial charge in [-0.15, -0.1) is 0 Å². The molecule has 0 radical (unpaired) electrons. The molecule has 6 nitrogen and oxygen atoms in total. The third-order valence-electron chi connectivity index (χ3n) is 5.80. The molecule has 1 aromatic rings. The van der Waals surface area contributed by atoms with Gasteiger partial charge in [-0.1, -0.05) is 25.1 Å². The number of fused-ring (bicyclic) bond motifs is 1. The maximum Gasteiger partial charge on any atom is 0.231 e. The van der Waals surface area contributed by atoms with Crippen molar-refractivity contribution in [2.45, 2.75) is 38.3 Å². The first-order valence-electron chi connectivity index (χ1n) is 9.75. The lowest BCUT2D eigenvalue weighted by Gasteiger charge is -2.22. The van der Waals surface area contributed by atoms with Crippen LogP contribution in [0.5, 0.6) is 0 Å². The summed E-state index contributed by atoms with van der Waals surface area (Å²) in [6.07, 6.45) is 3.23. The zero-order valence-corrected chi connectivity index (χ0v) is 15.7. The topological polar surface area (TPSA) is 60.0 Å². The SMILES string of the molecule is CN=C(NCCN1C(=O)Cc2ccccc21)NC1CN(C2CC2)CC1C. The number of guanidine groups is 1. The van der Waals surface area contributed by atoms with E-state index in [-0.39, 0.29) is 5.91 Å². The number of anilines is 1. The van der Waals surface area contributed by atoms with Crippen LogP contribution in [0.15, 0.2) is 29.3 Å². The summed E-state index contributed by atoms with van der Waals surface area (Å²) in [6, 6.07) is 9.31. The number of carbonyl (C=O) groups is 1. The largest absolute Gasteiger partial charge is 0.355 e. The van der Waals surface area contributed by atoms with Crippen molar-refractivity contribution in [2.75, 3.05) is 38.1 Å². The summed E-state index contributed by atoms with van der Waals surface area (Å²) < 4.78 is 0. The van der Waals surface area contributed by atoms with Crippen LogP contribution in [0, 0.1) is 5.92 Å². The van der Waals surface area contributed by atoms with Gasteiger partial charge in [-0.2, -0.15) is 0 Å². The van der Waals surface area contributed by atoms with Crippen molar-refractivity contribution in [1.29, 1.82) is 0 Å². The van der Waals surface area contributed by atoms with Crippen LogP contribution in [0.4, 0.5) is 5.69 Å². The minimum absolute atomic E-state index is 0.181. The molecule has 1 aliphatic carbocycles. The highest BCUT2D eigenvalue weighted by atomic mass is 16.2. The Kier molecular flexibility index (Phi) is 4.85. The summed E-state index contributed by atoms with van der Waals surface area (Å²) >= 11 is 0. The van der Waals surface area contributed by atoms with Crippen molar-refractivity contribution in [2.24, 2.45) is 10.9 Å². The van der Waals surface area contributed by atoms with Gasteiger partial charge in [0.15, 0.2) is 5.96 Å². The number of nitrogens with zero attached hydrogens (tertiary/aromatic N) is 3. The number of para-hydroxylation sites is 1. The first-order valence-corrected chi connectivity index (χ1v) is 9.75. The van der Waals surface area contributed by atoms with Crippen molar-refractivity contribution in [3.8, 4) is 0 Å². The van der Waals surface area contributed by atoms with Crippen molar-refractivity contribution in [1.82, 2.24) is 15.5 Å². The molecule has 1 saturated carbocycles. The monoisotopic (exact) mass is 355 g/mol. The molecule has 2 heterocycles. The predicted molar refractivity (Wildman–Crippen MR) is 105 cm³/mol. The second-order valence-corrected chi connectivity index (χ2v) is 7.76. The van der Waals surface area contributed by atoms with Gasteiger partial charge < -0.3 is 15.5 Å². The van der Waals surface area contributed by atoms with Crippen LogP contribution in [-0.2, 0) is 11.2 Å². The molecule has 0 spiro atoms. The highest BCUT2D eigenvalue weighted by Crippen LogP contribution is 2.31. The Morgan fingerprint density at radius 3 is 2.85 bits per heavy atom. The first-order chi connectivity index (χ1) is 12.7. The van der Waals surface area contributed by atoms with Crippen molar-refractivity contribution in [3.63, 3.8) is 0 Å². The number of amides is 1. The van der Waals surface area contributed by atoms with E-state index in [4.69, 9.17) is 0 Å². The molecule has 2 unspecified atom stereocenters. The number of rotatable bonds is 5. The Morgan fingerprint density at radius 2 is 2.08 bits per heavy atom. The summed E-state index contributed by atoms with van der Waals surface area (Å²) in [5.41, 5.74) is 2.17. The van der Waals surface area contributed by atoms with E-state index in [1.807, 2.05) is 36.2 Å². The maximum atomic E-state index is 12.3. The highest BCUT2D eigenvalue weighted by Gasteiger charge is 2.38. The molecule has 1 saturated heterocycles. The molecular weight excluding hydrogens is 326 g/mol. The second-order valence-electron chi connectivity index (χ2n) is 7.76. The van der Waals surface area contributed by atoms with E-state index >= 15 is 0 Å². The van der Waals surface area contributed by atoms with Crippen molar-refractivity contribution < 1.29 is 4.79 Å². The summed E-state index contributed by atoms with van der Waals surface area (Å²) in [6.45, 7) is 5.94. The molecule has 6 heteroatoms. The third kappa shape index (κ3) is 3.56. The molecule has 1 aromatic carbocycles. The number of hydrogen-bond donors (Lipinski definition) is 2. The number of nitrogens with one attached hydrogen (secondary N) is 2. The summed E-state index contributed by atoms with van der Waals surface area (Å²) in [5, 5.41) is 6.96. The van der Waals surface area contributed by atoms with Crippen LogP contribution in [-0.4, -0.2) is 62.1 Å². The minimum atomic E-state index is 0.181. The normalized spacial score (nSPS) is 26.3. The molecule has 2 atom stereocenters. The predicted octanol–water partition coefficient (Wildman–Crippen LogP) is 1.22. The molecular formula is C20H29N5O. The molecule has 2 fully saturated rings. The third-order valence-corrected chi connectivity index (χ3v) is 5.80. The van der Waals surface area contributed by atoms with Gasteiger partial charge in [-0.25, -0.2) is 0 Å². The van der Waals surface area contributed by atoms with Crippen LogP contribution in [0.25, 0.3) is 0 Å². The van der Waals surface area contributed by atoms with E-state index in [2.05, 4.69) is 27.4 Å². The zero-order valence-electron chi connectivity index (χ0n) is 15.7. The average molecular weight is 355 g/mol. The number of carbonyl (C=O) groups excluding carboxylic acids is 1. The van der Waals surface area contributed by atoms with Crippen LogP contribution in [0.2, 0.25) is 0 Å². The highest BCUT2D eigenvalue weighted by molar-refractivity contribution is 6.01. The lowest BCUT2D eigenvalue weighted by Crippen LogP contribution is -2.48. The van der Waals surface area contributed by atoms with E-state index in [9.17, 15) is 4.79 Å². The summed E-state index contributed by atoms with van der Waals surface area (Å²) in [5.74, 6) is 1.64. The molecule has 26 heavy (non-hydrogen) atoms. The standard InChI is InChI=1S/C20H29N5O/c1-14-12-24(16-7-8-16)13-17(14)23-20(21-2)22-9-10-25-18-6-4-3-5-15(18)11-19(25)26/h3-6,14,16-17H,7-13H2,1-2H3,(H2,21,22,23). The van der Waals surface area contributed by atoms with Gasteiger partial charge in [0, 0.05) is 51.0 Å². The lowest BCUT2D eigenvalue weighted by molar-refractivity contribution is -0.117. The van der Waals surface area contributed by atoms with E-state index in [1.165, 1.54) is 19.4 Å². The smallest absolute Gasteiger partial charge is 0.231 e. The van der Waals surface area contributed by atoms with Crippen molar-refractivity contribution in [3.05, 3.63) is 29.8 Å². The molecule has 3 aliphatic rings. The fourth-order valence-corrected chi connectivity index (χ4v) is 4.15. The number of aliphatic imine (C=N–C) groups is 1. The Balaban J connectivity index is 1.28. The van der Waals surface area contributed by atoms with Gasteiger partial charge >= 0.3 is 0 Å². The number of likely N-dealkylation sites (tertiary alicyclic amines) is 1. The molecule has 2 aliphatic heterocycles. The van der Waals surface area contributed by atoms with E-state index in [0.717, 1.165) is 29.8 Å². The quantitative estimate of drug-likeness (QED) is 0.616. The zero-order chi connectivity index (χ0) is 18.1. The fraction of sp³-hybridized carbons (Fsp3) is 0.600. The molecule has 4 rings (SSSR count). The van der Waals surface area contributed by atoms with Gasteiger partial charge in [-0.05, 0) is 30.4 Å². The van der Waals surface area contributed by atoms with Gasteiger partial charge in [0.2, 0.25) is 5.91 Å². The molecule has 2 N–H and O–H groups in total. The first kappa shape index (κ1) is 17.3. The van der Waals surface area contributed by atoms with Crippen molar-refractivity contribution >= 4 is 17.6 Å². The van der Waals surface area contributed by atoms with Crippen LogP contribution in [0.1, 0.15) is 25.3 Å². The molecule has 140 valence electrons. The van der Waals surface area contributed by atoms with Gasteiger partial charge in [0.1, 0.15) is 0 Å². The van der Waals surface area contributed by atoms with Crippen LogP contribution >= 0.6 is 0 Å². The van der Waals surface area contributed by atoms with E-state index in [0.29, 0.717) is 31.5 Å². The second kappa shape index (κ2) is 7.27. The van der Waals surface area contributed by atoms with Gasteiger partial charge in [-0.3, -0.25) is 14.7 Å². The fourth-order valence-electron chi connectivity index (χ4n) is 4.15. The Hall–Kier alpha value is -2.08.